The molecule has 3 atom stereocenters. The van der Waals surface area contributed by atoms with Crippen LogP contribution in [0.3, 0.4) is 0 Å². The third-order valence-electron chi connectivity index (χ3n) is 3.74. The van der Waals surface area contributed by atoms with Crippen molar-refractivity contribution in [3.8, 4) is 0 Å². The Morgan fingerprint density at radius 2 is 2.41 bits per heavy atom. The van der Waals surface area contributed by atoms with Crippen LogP contribution in [0.2, 0.25) is 0 Å². The van der Waals surface area contributed by atoms with Gasteiger partial charge in [0.25, 0.3) is 0 Å². The van der Waals surface area contributed by atoms with E-state index in [2.05, 4.69) is 12.0 Å². The van der Waals surface area contributed by atoms with E-state index in [1.165, 1.54) is 6.42 Å². The van der Waals surface area contributed by atoms with Crippen LogP contribution in [0.4, 0.5) is 0 Å². The van der Waals surface area contributed by atoms with E-state index in [0.29, 0.717) is 19.1 Å². The molecule has 1 aromatic heterocycles. The molecule has 96 valence electrons. The molecule has 0 aromatic carbocycles. The molecule has 17 heavy (non-hydrogen) atoms. The normalized spacial score (nSPS) is 26.3. The third-order valence-corrected chi connectivity index (χ3v) is 3.74. The van der Waals surface area contributed by atoms with Gasteiger partial charge in [-0.2, -0.15) is 5.10 Å². The molecule has 0 saturated heterocycles. The number of nitrogens with zero attached hydrogens (tertiary/aromatic N) is 2. The Labute approximate surface area is 103 Å². The van der Waals surface area contributed by atoms with Gasteiger partial charge in [-0.3, -0.25) is 4.68 Å². The first kappa shape index (κ1) is 12.6. The highest BCUT2D eigenvalue weighted by molar-refractivity contribution is 5.06. The first-order valence-corrected chi connectivity index (χ1v) is 6.41. The molecule has 1 aromatic rings. The summed E-state index contributed by atoms with van der Waals surface area (Å²) in [4.78, 5) is 0. The van der Waals surface area contributed by atoms with Gasteiger partial charge in [-0.1, -0.05) is 13.3 Å². The first-order valence-electron chi connectivity index (χ1n) is 6.41. The minimum Gasteiger partial charge on any atom is -0.387 e. The van der Waals surface area contributed by atoms with Crippen LogP contribution in [0, 0.1) is 11.8 Å². The van der Waals surface area contributed by atoms with Crippen LogP contribution in [0.1, 0.15) is 38.0 Å². The van der Waals surface area contributed by atoms with E-state index in [1.54, 1.807) is 13.3 Å². The zero-order valence-corrected chi connectivity index (χ0v) is 10.7. The predicted octanol–water partition coefficient (Wildman–Crippen LogP) is 2.00. The van der Waals surface area contributed by atoms with Crippen LogP contribution >= 0.6 is 0 Å². The van der Waals surface area contributed by atoms with E-state index in [9.17, 15) is 5.11 Å². The Hall–Kier alpha value is -0.870. The van der Waals surface area contributed by atoms with Gasteiger partial charge in [0.2, 0.25) is 0 Å². The first-order chi connectivity index (χ1) is 8.22. The van der Waals surface area contributed by atoms with Crippen molar-refractivity contribution in [2.75, 3.05) is 13.7 Å². The number of methoxy groups -OCH3 is 1. The molecule has 1 aliphatic carbocycles. The summed E-state index contributed by atoms with van der Waals surface area (Å²) in [7, 11) is 1.68. The van der Waals surface area contributed by atoms with Crippen molar-refractivity contribution in [3.05, 3.63) is 18.0 Å². The Morgan fingerprint density at radius 1 is 1.59 bits per heavy atom. The van der Waals surface area contributed by atoms with Gasteiger partial charge in [0.15, 0.2) is 0 Å². The van der Waals surface area contributed by atoms with E-state index in [0.717, 1.165) is 24.5 Å². The van der Waals surface area contributed by atoms with Crippen LogP contribution in [0.15, 0.2) is 12.3 Å². The van der Waals surface area contributed by atoms with Crippen LogP contribution in [-0.4, -0.2) is 28.6 Å². The zero-order valence-electron chi connectivity index (χ0n) is 10.7. The van der Waals surface area contributed by atoms with Gasteiger partial charge in [0.1, 0.15) is 0 Å². The largest absolute Gasteiger partial charge is 0.387 e. The second-order valence-electron chi connectivity index (χ2n) is 5.10. The van der Waals surface area contributed by atoms with Crippen LogP contribution in [0.25, 0.3) is 0 Å². The fourth-order valence-corrected chi connectivity index (χ4v) is 2.74. The lowest BCUT2D eigenvalue weighted by molar-refractivity contribution is 0.0968. The van der Waals surface area contributed by atoms with Crippen LogP contribution < -0.4 is 0 Å². The van der Waals surface area contributed by atoms with E-state index >= 15 is 0 Å². The van der Waals surface area contributed by atoms with Gasteiger partial charge >= 0.3 is 0 Å². The van der Waals surface area contributed by atoms with E-state index in [-0.39, 0.29) is 6.10 Å². The van der Waals surface area contributed by atoms with Crippen molar-refractivity contribution in [1.82, 2.24) is 9.78 Å². The molecule has 4 heteroatoms. The quantitative estimate of drug-likeness (QED) is 0.853. The van der Waals surface area contributed by atoms with Gasteiger partial charge in [-0.25, -0.2) is 0 Å². The summed E-state index contributed by atoms with van der Waals surface area (Å²) >= 11 is 0. The topological polar surface area (TPSA) is 47.3 Å². The number of aliphatic hydroxyl groups is 1. The molecule has 1 N–H and O–H groups in total. The number of hydrogen-bond acceptors (Lipinski definition) is 3. The molecule has 2 rings (SSSR count). The molecule has 1 aliphatic rings. The number of ether oxygens (including phenoxy) is 1. The molecule has 0 aliphatic heterocycles. The molecule has 0 bridgehead atoms. The van der Waals surface area contributed by atoms with Gasteiger partial charge in [0, 0.05) is 13.3 Å². The summed E-state index contributed by atoms with van der Waals surface area (Å²) in [6, 6.07) is 1.92. The lowest BCUT2D eigenvalue weighted by Gasteiger charge is -2.19. The van der Waals surface area contributed by atoms with Crippen LogP contribution in [0.5, 0.6) is 0 Å². The Kier molecular flexibility index (Phi) is 4.18. The Balaban J connectivity index is 2.03. The molecule has 4 nitrogen and oxygen atoms in total. The third kappa shape index (κ3) is 2.87. The molecule has 0 spiro atoms. The Bertz CT molecular complexity index is 351. The highest BCUT2D eigenvalue weighted by Crippen LogP contribution is 2.38. The molecular formula is C13H22N2O2. The molecule has 0 radical (unpaired) electrons. The van der Waals surface area contributed by atoms with Crippen molar-refractivity contribution < 1.29 is 9.84 Å². The van der Waals surface area contributed by atoms with Crippen molar-refractivity contribution in [1.29, 1.82) is 0 Å². The number of rotatable bonds is 5. The second kappa shape index (κ2) is 5.65. The van der Waals surface area contributed by atoms with Crippen molar-refractivity contribution in [2.45, 2.75) is 38.8 Å². The lowest BCUT2D eigenvalue weighted by atomic mass is 9.97. The summed E-state index contributed by atoms with van der Waals surface area (Å²) in [5, 5.41) is 14.6. The minimum absolute atomic E-state index is 0.376. The average Bonchev–Trinajstić information content (AvgIpc) is 2.94. The van der Waals surface area contributed by atoms with Crippen molar-refractivity contribution in [3.63, 3.8) is 0 Å². The van der Waals surface area contributed by atoms with Gasteiger partial charge in [-0.05, 0) is 30.7 Å². The van der Waals surface area contributed by atoms with E-state index in [4.69, 9.17) is 4.74 Å². The van der Waals surface area contributed by atoms with Gasteiger partial charge < -0.3 is 9.84 Å². The van der Waals surface area contributed by atoms with E-state index < -0.39 is 0 Å². The van der Waals surface area contributed by atoms with Gasteiger partial charge in [0.05, 0.1) is 24.9 Å². The summed E-state index contributed by atoms with van der Waals surface area (Å²) in [6.07, 6.45) is 4.86. The molecule has 3 unspecified atom stereocenters. The predicted molar refractivity (Wildman–Crippen MR) is 65.6 cm³/mol. The maximum absolute atomic E-state index is 10.4. The highest BCUT2D eigenvalue weighted by atomic mass is 16.5. The zero-order chi connectivity index (χ0) is 12.3. The molecule has 1 heterocycles. The fraction of sp³-hybridized carbons (Fsp3) is 0.769. The second-order valence-corrected chi connectivity index (χ2v) is 5.10. The monoisotopic (exact) mass is 238 g/mol. The summed E-state index contributed by atoms with van der Waals surface area (Å²) in [5.74, 6) is 1.13. The highest BCUT2D eigenvalue weighted by Gasteiger charge is 2.30. The summed E-state index contributed by atoms with van der Waals surface area (Å²) in [5.41, 5.74) is 0.932. The lowest BCUT2D eigenvalue weighted by Crippen LogP contribution is -2.17. The molecule has 0 amide bonds. The maximum atomic E-state index is 10.4. The molecule has 1 saturated carbocycles. The van der Waals surface area contributed by atoms with E-state index in [1.807, 2.05) is 10.7 Å². The molecule has 1 fully saturated rings. The number of aliphatic hydroxyl groups excluding tert-OH is 1. The maximum Gasteiger partial charge on any atom is 0.0984 e. The minimum atomic E-state index is -0.376. The van der Waals surface area contributed by atoms with Crippen LogP contribution in [-0.2, 0) is 11.3 Å². The number of aromatic nitrogens is 2. The molecular weight excluding hydrogens is 216 g/mol. The average molecular weight is 238 g/mol. The Morgan fingerprint density at radius 3 is 3.06 bits per heavy atom. The van der Waals surface area contributed by atoms with Crippen molar-refractivity contribution in [2.24, 2.45) is 11.8 Å². The summed E-state index contributed by atoms with van der Waals surface area (Å²) in [6.45, 7) is 3.59. The SMILES string of the molecule is COCCn1nccc1C(O)C1CCC(C)C1. The fourth-order valence-electron chi connectivity index (χ4n) is 2.74. The standard InChI is InChI=1S/C13H22N2O2/c1-10-3-4-11(9-10)13(16)12-5-6-14-15(12)7-8-17-2/h5-6,10-11,13,16H,3-4,7-9H2,1-2H3. The van der Waals surface area contributed by atoms with Gasteiger partial charge in [-0.15, -0.1) is 0 Å². The smallest absolute Gasteiger partial charge is 0.0984 e. The number of hydrogen-bond donors (Lipinski definition) is 1. The van der Waals surface area contributed by atoms with Crippen molar-refractivity contribution >= 4 is 0 Å². The summed E-state index contributed by atoms with van der Waals surface area (Å²) < 4.78 is 6.91.